The van der Waals surface area contributed by atoms with Crippen LogP contribution in [0.1, 0.15) is 29.6 Å². The highest BCUT2D eigenvalue weighted by Crippen LogP contribution is 2.36. The molecule has 5 nitrogen and oxygen atoms in total. The number of ether oxygens (including phenoxy) is 4. The fourth-order valence-corrected chi connectivity index (χ4v) is 2.98. The molecular weight excluding hydrogens is 272 g/mol. The lowest BCUT2D eigenvalue weighted by Gasteiger charge is -2.37. The normalized spacial score (nSPS) is 28.5. The molecule has 21 heavy (non-hydrogen) atoms. The quantitative estimate of drug-likeness (QED) is 0.797. The van der Waals surface area contributed by atoms with Crippen molar-refractivity contribution >= 4 is 6.29 Å². The lowest BCUT2D eigenvalue weighted by molar-refractivity contribution is -0.112. The van der Waals surface area contributed by atoms with Crippen molar-refractivity contribution in [3.63, 3.8) is 0 Å². The molecule has 0 saturated carbocycles. The molecule has 1 aromatic carbocycles. The van der Waals surface area contributed by atoms with Crippen LogP contribution in [0.4, 0.5) is 0 Å². The Hall–Kier alpha value is -1.59. The van der Waals surface area contributed by atoms with Gasteiger partial charge in [0.15, 0.2) is 11.5 Å². The molecule has 2 aliphatic rings. The Morgan fingerprint density at radius 1 is 1.33 bits per heavy atom. The minimum atomic E-state index is -0.196. The molecular formula is C16H20O5. The Labute approximate surface area is 124 Å². The van der Waals surface area contributed by atoms with Gasteiger partial charge in [0.25, 0.3) is 0 Å². The SMILES string of the molecule is COc1ccc(C=O)cc1OC1CCOC2(CCOC2)C1. The Balaban J connectivity index is 1.74. The Kier molecular flexibility index (Phi) is 4.12. The van der Waals surface area contributed by atoms with Gasteiger partial charge in [-0.25, -0.2) is 0 Å². The molecule has 1 spiro atoms. The van der Waals surface area contributed by atoms with Crippen LogP contribution in [0.5, 0.6) is 11.5 Å². The average Bonchev–Trinajstić information content (AvgIpc) is 2.95. The zero-order valence-corrected chi connectivity index (χ0v) is 12.2. The summed E-state index contributed by atoms with van der Waals surface area (Å²) in [4.78, 5) is 10.9. The third kappa shape index (κ3) is 3.04. The van der Waals surface area contributed by atoms with Crippen LogP contribution in [0.25, 0.3) is 0 Å². The molecule has 2 aliphatic heterocycles. The second kappa shape index (κ2) is 6.03. The highest BCUT2D eigenvalue weighted by atomic mass is 16.6. The molecule has 2 unspecified atom stereocenters. The standard InChI is InChI=1S/C16H20O5/c1-18-14-3-2-12(10-17)8-15(14)21-13-4-6-20-16(9-13)5-7-19-11-16/h2-3,8,10,13H,4-7,9,11H2,1H3. The molecule has 0 aromatic heterocycles. The Morgan fingerprint density at radius 3 is 2.95 bits per heavy atom. The van der Waals surface area contributed by atoms with Gasteiger partial charge < -0.3 is 18.9 Å². The molecule has 3 rings (SSSR count). The van der Waals surface area contributed by atoms with Gasteiger partial charge in [-0.05, 0) is 18.2 Å². The number of methoxy groups -OCH3 is 1. The number of benzene rings is 1. The van der Waals surface area contributed by atoms with E-state index >= 15 is 0 Å². The van der Waals surface area contributed by atoms with Crippen molar-refractivity contribution in [2.75, 3.05) is 26.9 Å². The maximum atomic E-state index is 10.9. The smallest absolute Gasteiger partial charge is 0.162 e. The first-order valence-electron chi connectivity index (χ1n) is 7.26. The van der Waals surface area contributed by atoms with E-state index < -0.39 is 0 Å². The summed E-state index contributed by atoms with van der Waals surface area (Å²) in [5, 5.41) is 0. The van der Waals surface area contributed by atoms with E-state index in [4.69, 9.17) is 18.9 Å². The van der Waals surface area contributed by atoms with Crippen LogP contribution >= 0.6 is 0 Å². The second-order valence-electron chi connectivity index (χ2n) is 5.59. The van der Waals surface area contributed by atoms with Crippen LogP contribution in [0.2, 0.25) is 0 Å². The number of hydrogen-bond acceptors (Lipinski definition) is 5. The monoisotopic (exact) mass is 292 g/mol. The van der Waals surface area contributed by atoms with Crippen molar-refractivity contribution in [1.82, 2.24) is 0 Å². The highest BCUT2D eigenvalue weighted by Gasteiger charge is 2.42. The van der Waals surface area contributed by atoms with Gasteiger partial charge in [0.1, 0.15) is 12.4 Å². The van der Waals surface area contributed by atoms with Crippen molar-refractivity contribution in [1.29, 1.82) is 0 Å². The van der Waals surface area contributed by atoms with Crippen molar-refractivity contribution in [3.8, 4) is 11.5 Å². The predicted molar refractivity (Wildman–Crippen MR) is 76.2 cm³/mol. The molecule has 0 radical (unpaired) electrons. The van der Waals surface area contributed by atoms with Gasteiger partial charge in [0.2, 0.25) is 0 Å². The van der Waals surface area contributed by atoms with Crippen LogP contribution in [-0.4, -0.2) is 44.9 Å². The molecule has 2 fully saturated rings. The fraction of sp³-hybridized carbons (Fsp3) is 0.562. The second-order valence-corrected chi connectivity index (χ2v) is 5.59. The van der Waals surface area contributed by atoms with Crippen molar-refractivity contribution in [3.05, 3.63) is 23.8 Å². The Bertz CT molecular complexity index is 507. The number of aldehydes is 1. The maximum Gasteiger partial charge on any atom is 0.162 e. The van der Waals surface area contributed by atoms with E-state index in [9.17, 15) is 4.79 Å². The maximum absolute atomic E-state index is 10.9. The third-order valence-electron chi connectivity index (χ3n) is 4.13. The minimum absolute atomic E-state index is 0.0521. The number of carbonyl (C=O) groups is 1. The largest absolute Gasteiger partial charge is 0.493 e. The van der Waals surface area contributed by atoms with Gasteiger partial charge in [-0.3, -0.25) is 4.79 Å². The van der Waals surface area contributed by atoms with E-state index in [0.717, 1.165) is 32.2 Å². The van der Waals surface area contributed by atoms with E-state index in [1.54, 1.807) is 25.3 Å². The first kappa shape index (κ1) is 14.4. The van der Waals surface area contributed by atoms with Crippen LogP contribution < -0.4 is 9.47 Å². The van der Waals surface area contributed by atoms with Gasteiger partial charge in [0.05, 0.1) is 25.9 Å². The summed E-state index contributed by atoms with van der Waals surface area (Å²) in [5.41, 5.74) is 0.384. The molecule has 0 bridgehead atoms. The molecule has 2 heterocycles. The van der Waals surface area contributed by atoms with Gasteiger partial charge in [0, 0.05) is 31.4 Å². The van der Waals surface area contributed by atoms with Crippen molar-refractivity contribution < 1.29 is 23.7 Å². The van der Waals surface area contributed by atoms with E-state index in [0.29, 0.717) is 30.3 Å². The first-order chi connectivity index (χ1) is 10.2. The average molecular weight is 292 g/mol. The first-order valence-corrected chi connectivity index (χ1v) is 7.26. The number of carbonyl (C=O) groups excluding carboxylic acids is 1. The van der Waals surface area contributed by atoms with Crippen LogP contribution in [0.15, 0.2) is 18.2 Å². The molecule has 2 saturated heterocycles. The molecule has 0 amide bonds. The number of hydrogen-bond donors (Lipinski definition) is 0. The van der Waals surface area contributed by atoms with Crippen LogP contribution in [0, 0.1) is 0 Å². The van der Waals surface area contributed by atoms with Gasteiger partial charge in [-0.2, -0.15) is 0 Å². The van der Waals surface area contributed by atoms with Gasteiger partial charge in [-0.15, -0.1) is 0 Å². The summed E-state index contributed by atoms with van der Waals surface area (Å²) in [5.74, 6) is 1.26. The molecule has 1 aromatic rings. The van der Waals surface area contributed by atoms with Gasteiger partial charge >= 0.3 is 0 Å². The van der Waals surface area contributed by atoms with E-state index in [-0.39, 0.29) is 11.7 Å². The molecule has 0 N–H and O–H groups in total. The lowest BCUT2D eigenvalue weighted by Crippen LogP contribution is -2.44. The van der Waals surface area contributed by atoms with E-state index in [1.807, 2.05) is 0 Å². The molecule has 5 heteroatoms. The summed E-state index contributed by atoms with van der Waals surface area (Å²) in [6, 6.07) is 5.20. The predicted octanol–water partition coefficient (Wildman–Crippen LogP) is 2.22. The summed E-state index contributed by atoms with van der Waals surface area (Å²) in [6.07, 6.45) is 3.41. The fourth-order valence-electron chi connectivity index (χ4n) is 2.98. The summed E-state index contributed by atoms with van der Waals surface area (Å²) in [6.45, 7) is 2.05. The van der Waals surface area contributed by atoms with Crippen LogP contribution in [-0.2, 0) is 9.47 Å². The minimum Gasteiger partial charge on any atom is -0.493 e. The number of rotatable bonds is 4. The third-order valence-corrected chi connectivity index (χ3v) is 4.13. The van der Waals surface area contributed by atoms with Gasteiger partial charge in [-0.1, -0.05) is 0 Å². The zero-order valence-electron chi connectivity index (χ0n) is 12.2. The summed E-state index contributed by atoms with van der Waals surface area (Å²) >= 11 is 0. The topological polar surface area (TPSA) is 54.0 Å². The van der Waals surface area contributed by atoms with Crippen LogP contribution in [0.3, 0.4) is 0 Å². The van der Waals surface area contributed by atoms with Crippen molar-refractivity contribution in [2.45, 2.75) is 31.0 Å². The zero-order chi connectivity index (χ0) is 14.7. The molecule has 0 aliphatic carbocycles. The summed E-state index contributed by atoms with van der Waals surface area (Å²) < 4.78 is 22.8. The molecule has 2 atom stereocenters. The highest BCUT2D eigenvalue weighted by molar-refractivity contribution is 5.76. The van der Waals surface area contributed by atoms with E-state index in [2.05, 4.69) is 0 Å². The lowest BCUT2D eigenvalue weighted by atomic mass is 9.91. The summed E-state index contributed by atoms with van der Waals surface area (Å²) in [7, 11) is 1.60. The molecule has 114 valence electrons. The van der Waals surface area contributed by atoms with Crippen molar-refractivity contribution in [2.24, 2.45) is 0 Å². The van der Waals surface area contributed by atoms with E-state index in [1.165, 1.54) is 0 Å². The Morgan fingerprint density at radius 2 is 2.24 bits per heavy atom.